The lowest BCUT2D eigenvalue weighted by atomic mass is 9.77. The Kier molecular flexibility index (Phi) is 4.62. The van der Waals surface area contributed by atoms with Crippen molar-refractivity contribution in [1.29, 1.82) is 0 Å². The molecule has 0 aromatic carbocycles. The van der Waals surface area contributed by atoms with Gasteiger partial charge in [-0.15, -0.1) is 0 Å². The lowest BCUT2D eigenvalue weighted by molar-refractivity contribution is 0.0148. The topological polar surface area (TPSA) is 51.1 Å². The fourth-order valence-electron chi connectivity index (χ4n) is 2.98. The molecular weight excluding hydrogens is 296 g/mol. The first kappa shape index (κ1) is 17.3. The zero-order valence-corrected chi connectivity index (χ0v) is 15.9. The molecule has 1 amide bonds. The van der Waals surface area contributed by atoms with Crippen LogP contribution in [0.15, 0.2) is 4.99 Å². The number of hydrogen-bond acceptors (Lipinski definition) is 4. The normalized spacial score (nSPS) is 21.7. The third-order valence-corrected chi connectivity index (χ3v) is 4.88. The highest BCUT2D eigenvalue weighted by atomic mass is 28.4. The molecule has 0 aliphatic carbocycles. The number of piperidine rings is 1. The summed E-state index contributed by atoms with van der Waals surface area (Å²) in [6.07, 6.45) is 2.70. The van der Waals surface area contributed by atoms with Gasteiger partial charge in [-0.05, 0) is 59.7 Å². The summed E-state index contributed by atoms with van der Waals surface area (Å²) in [6.45, 7) is 14.6. The van der Waals surface area contributed by atoms with Crippen molar-refractivity contribution < 1.29 is 14.0 Å². The first-order chi connectivity index (χ1) is 10.0. The van der Waals surface area contributed by atoms with Crippen LogP contribution in [-0.4, -0.2) is 50.4 Å². The maximum atomic E-state index is 12.2. The number of amides is 1. The third kappa shape index (κ3) is 4.24. The van der Waals surface area contributed by atoms with E-state index in [4.69, 9.17) is 9.16 Å². The van der Waals surface area contributed by atoms with Gasteiger partial charge in [0, 0.05) is 25.0 Å². The molecule has 0 saturated carbocycles. The molecule has 0 aromatic heterocycles. The van der Waals surface area contributed by atoms with E-state index in [2.05, 4.69) is 24.6 Å². The quantitative estimate of drug-likeness (QED) is 0.691. The maximum Gasteiger partial charge on any atom is 0.410 e. The van der Waals surface area contributed by atoms with Crippen LogP contribution < -0.4 is 0 Å². The van der Waals surface area contributed by atoms with Gasteiger partial charge in [-0.1, -0.05) is 0 Å². The van der Waals surface area contributed by atoms with Crippen molar-refractivity contribution >= 4 is 20.3 Å². The second-order valence-electron chi connectivity index (χ2n) is 8.40. The molecule has 5 nitrogen and oxygen atoms in total. The molecule has 2 aliphatic heterocycles. The minimum Gasteiger partial charge on any atom is -0.534 e. The number of carbonyl (C=O) groups excluding carboxylic acids is 1. The Morgan fingerprint density at radius 2 is 1.77 bits per heavy atom. The monoisotopic (exact) mass is 326 g/mol. The number of rotatable bonds is 1. The molecule has 0 unspecified atom stereocenters. The highest BCUT2D eigenvalue weighted by Gasteiger charge is 2.45. The molecule has 1 spiro atoms. The van der Waals surface area contributed by atoms with E-state index in [1.165, 1.54) is 0 Å². The van der Waals surface area contributed by atoms with Crippen molar-refractivity contribution in [3.63, 3.8) is 0 Å². The van der Waals surface area contributed by atoms with Gasteiger partial charge in [-0.3, -0.25) is 4.99 Å². The molecule has 22 heavy (non-hydrogen) atoms. The van der Waals surface area contributed by atoms with Gasteiger partial charge in [0.05, 0.1) is 0 Å². The molecule has 0 bridgehead atoms. The summed E-state index contributed by atoms with van der Waals surface area (Å²) in [5.74, 6) is 0.954. The minimum absolute atomic E-state index is 0.0544. The standard InChI is InChI=1S/C16H30N2O3Si/c1-15(2,3)20-14(19)18-11-8-16(9-12-18)7-10-17-13(16)21-22(4,5)6/h7-12H2,1-6H3. The van der Waals surface area contributed by atoms with Crippen molar-refractivity contribution in [1.82, 2.24) is 4.90 Å². The predicted molar refractivity (Wildman–Crippen MR) is 90.8 cm³/mol. The number of likely N-dealkylation sites (tertiary alicyclic amines) is 1. The maximum absolute atomic E-state index is 12.2. The van der Waals surface area contributed by atoms with E-state index in [-0.39, 0.29) is 11.5 Å². The van der Waals surface area contributed by atoms with E-state index in [1.807, 2.05) is 25.7 Å². The van der Waals surface area contributed by atoms with Gasteiger partial charge in [-0.2, -0.15) is 0 Å². The van der Waals surface area contributed by atoms with Gasteiger partial charge in [0.15, 0.2) is 5.90 Å². The molecule has 2 rings (SSSR count). The highest BCUT2D eigenvalue weighted by molar-refractivity contribution is 6.71. The van der Waals surface area contributed by atoms with Gasteiger partial charge < -0.3 is 14.1 Å². The van der Waals surface area contributed by atoms with E-state index in [0.29, 0.717) is 0 Å². The number of nitrogens with zero attached hydrogens (tertiary/aromatic N) is 2. The minimum atomic E-state index is -1.64. The van der Waals surface area contributed by atoms with Crippen molar-refractivity contribution in [2.45, 2.75) is 65.3 Å². The third-order valence-electron chi connectivity index (χ3n) is 4.07. The van der Waals surface area contributed by atoms with Gasteiger partial charge >= 0.3 is 6.09 Å². The predicted octanol–water partition coefficient (Wildman–Crippen LogP) is 3.66. The number of carbonyl (C=O) groups is 1. The number of hydrogen-bond donors (Lipinski definition) is 0. The number of ether oxygens (including phenoxy) is 1. The van der Waals surface area contributed by atoms with Crippen LogP contribution in [0.3, 0.4) is 0 Å². The average Bonchev–Trinajstić information content (AvgIpc) is 2.68. The van der Waals surface area contributed by atoms with Crippen LogP contribution in [-0.2, 0) is 9.16 Å². The van der Waals surface area contributed by atoms with E-state index in [9.17, 15) is 4.79 Å². The van der Waals surface area contributed by atoms with Crippen LogP contribution in [0.5, 0.6) is 0 Å². The Bertz CT molecular complexity index is 455. The summed E-state index contributed by atoms with van der Waals surface area (Å²) in [4.78, 5) is 18.6. The summed E-state index contributed by atoms with van der Waals surface area (Å²) >= 11 is 0. The molecule has 1 fully saturated rings. The average molecular weight is 327 g/mol. The second kappa shape index (κ2) is 5.87. The van der Waals surface area contributed by atoms with Gasteiger partial charge in [0.2, 0.25) is 8.32 Å². The lowest BCUT2D eigenvalue weighted by Gasteiger charge is -2.41. The van der Waals surface area contributed by atoms with Gasteiger partial charge in [0.25, 0.3) is 0 Å². The Labute approximate surface area is 135 Å². The van der Waals surface area contributed by atoms with E-state index < -0.39 is 13.9 Å². The van der Waals surface area contributed by atoms with E-state index >= 15 is 0 Å². The molecule has 126 valence electrons. The first-order valence-electron chi connectivity index (χ1n) is 8.23. The van der Waals surface area contributed by atoms with Crippen LogP contribution in [0.2, 0.25) is 19.6 Å². The zero-order chi connectivity index (χ0) is 16.6. The van der Waals surface area contributed by atoms with Crippen molar-refractivity contribution in [2.24, 2.45) is 10.4 Å². The largest absolute Gasteiger partial charge is 0.534 e. The SMILES string of the molecule is CC(C)(C)OC(=O)N1CCC2(CCN=C2O[Si](C)(C)C)CC1. The van der Waals surface area contributed by atoms with Crippen LogP contribution in [0.25, 0.3) is 0 Å². The zero-order valence-electron chi connectivity index (χ0n) is 14.9. The second-order valence-corrected chi connectivity index (χ2v) is 12.8. The molecular formula is C16H30N2O3Si. The highest BCUT2D eigenvalue weighted by Crippen LogP contribution is 2.41. The van der Waals surface area contributed by atoms with Crippen LogP contribution in [0.1, 0.15) is 40.0 Å². The van der Waals surface area contributed by atoms with E-state index in [1.54, 1.807) is 0 Å². The summed E-state index contributed by atoms with van der Waals surface area (Å²) in [7, 11) is -1.64. The Balaban J connectivity index is 1.96. The van der Waals surface area contributed by atoms with Crippen molar-refractivity contribution in [3.05, 3.63) is 0 Å². The van der Waals surface area contributed by atoms with Crippen molar-refractivity contribution in [2.75, 3.05) is 19.6 Å². The summed E-state index contributed by atoms with van der Waals surface area (Å²) in [5.41, 5.74) is -0.383. The fourth-order valence-corrected chi connectivity index (χ4v) is 3.85. The molecule has 0 N–H and O–H groups in total. The Morgan fingerprint density at radius 3 is 2.27 bits per heavy atom. The Morgan fingerprint density at radius 1 is 1.18 bits per heavy atom. The van der Waals surface area contributed by atoms with Crippen LogP contribution >= 0.6 is 0 Å². The van der Waals surface area contributed by atoms with Gasteiger partial charge in [0.1, 0.15) is 5.60 Å². The fraction of sp³-hybridized carbons (Fsp3) is 0.875. The van der Waals surface area contributed by atoms with Crippen LogP contribution in [0, 0.1) is 5.41 Å². The first-order valence-corrected chi connectivity index (χ1v) is 11.6. The summed E-state index contributed by atoms with van der Waals surface area (Å²) in [5, 5.41) is 0. The summed E-state index contributed by atoms with van der Waals surface area (Å²) in [6, 6.07) is 0. The molecule has 6 heteroatoms. The molecule has 2 heterocycles. The lowest BCUT2D eigenvalue weighted by Crippen LogP contribution is -2.48. The smallest absolute Gasteiger partial charge is 0.410 e. The number of aliphatic imine (C=N–C) groups is 1. The molecule has 2 aliphatic rings. The molecule has 0 radical (unpaired) electrons. The van der Waals surface area contributed by atoms with E-state index in [0.717, 1.165) is 44.8 Å². The molecule has 0 aromatic rings. The Hall–Kier alpha value is -1.04. The van der Waals surface area contributed by atoms with Crippen molar-refractivity contribution in [3.8, 4) is 0 Å². The van der Waals surface area contributed by atoms with Crippen LogP contribution in [0.4, 0.5) is 4.79 Å². The molecule has 1 saturated heterocycles. The summed E-state index contributed by atoms with van der Waals surface area (Å²) < 4.78 is 11.7. The van der Waals surface area contributed by atoms with Gasteiger partial charge in [-0.25, -0.2) is 4.79 Å². The molecule has 0 atom stereocenters.